The monoisotopic (exact) mass is 260 g/mol. The van der Waals surface area contributed by atoms with E-state index in [1.807, 2.05) is 0 Å². The molecule has 2 rings (SSSR count). The minimum absolute atomic E-state index is 0.489. The van der Waals surface area contributed by atoms with Gasteiger partial charge in [-0.05, 0) is 36.9 Å². The van der Waals surface area contributed by atoms with Crippen LogP contribution in [0.15, 0.2) is 30.3 Å². The lowest BCUT2D eigenvalue weighted by Crippen LogP contribution is -2.35. The lowest BCUT2D eigenvalue weighted by atomic mass is 9.97. The smallest absolute Gasteiger partial charge is 0.0449 e. The Bertz CT molecular complexity index is 361. The largest absolute Gasteiger partial charge is 0.309 e. The Morgan fingerprint density at radius 3 is 2.63 bits per heavy atom. The third-order valence-corrected chi connectivity index (χ3v) is 4.37. The summed E-state index contributed by atoms with van der Waals surface area (Å²) >= 11 is 0. The zero-order chi connectivity index (χ0) is 13.7. The summed E-state index contributed by atoms with van der Waals surface area (Å²) < 4.78 is 0. The highest BCUT2D eigenvalue weighted by Crippen LogP contribution is 2.19. The molecule has 2 unspecified atom stereocenters. The van der Waals surface area contributed by atoms with E-state index in [-0.39, 0.29) is 0 Å². The molecule has 1 heterocycles. The van der Waals surface area contributed by atoms with Crippen molar-refractivity contribution in [3.05, 3.63) is 35.9 Å². The zero-order valence-corrected chi connectivity index (χ0v) is 12.6. The second kappa shape index (κ2) is 7.06. The molecule has 1 saturated heterocycles. The summed E-state index contributed by atoms with van der Waals surface area (Å²) in [4.78, 5) is 2.64. The van der Waals surface area contributed by atoms with Crippen LogP contribution in [0.3, 0.4) is 0 Å². The maximum atomic E-state index is 3.69. The van der Waals surface area contributed by atoms with E-state index in [1.165, 1.54) is 25.1 Å². The first kappa shape index (κ1) is 14.5. The van der Waals surface area contributed by atoms with Crippen LogP contribution in [0.25, 0.3) is 0 Å². The van der Waals surface area contributed by atoms with E-state index >= 15 is 0 Å². The van der Waals surface area contributed by atoms with Crippen molar-refractivity contribution in [3.63, 3.8) is 0 Å². The van der Waals surface area contributed by atoms with Crippen LogP contribution in [-0.4, -0.2) is 31.1 Å². The highest BCUT2D eigenvalue weighted by molar-refractivity contribution is 5.19. The average Bonchev–Trinajstić information content (AvgIpc) is 2.65. The van der Waals surface area contributed by atoms with E-state index < -0.39 is 0 Å². The van der Waals surface area contributed by atoms with Gasteiger partial charge in [0.2, 0.25) is 0 Å². The van der Waals surface area contributed by atoms with Crippen molar-refractivity contribution in [2.75, 3.05) is 26.2 Å². The van der Waals surface area contributed by atoms with E-state index in [0.29, 0.717) is 6.04 Å². The first-order chi connectivity index (χ1) is 9.16. The molecular weight excluding hydrogens is 232 g/mol. The summed E-state index contributed by atoms with van der Waals surface area (Å²) in [7, 11) is 0. The Hall–Kier alpha value is -0.860. The van der Waals surface area contributed by atoms with E-state index in [9.17, 15) is 0 Å². The van der Waals surface area contributed by atoms with Crippen molar-refractivity contribution in [1.29, 1.82) is 0 Å². The van der Waals surface area contributed by atoms with Gasteiger partial charge in [-0.3, -0.25) is 0 Å². The Morgan fingerprint density at radius 2 is 1.95 bits per heavy atom. The fraction of sp³-hybridized carbons (Fsp3) is 0.647. The number of rotatable bonds is 4. The van der Waals surface area contributed by atoms with E-state index in [0.717, 1.165) is 24.9 Å². The molecule has 2 nitrogen and oxygen atoms in total. The lowest BCUT2D eigenvalue weighted by molar-refractivity contribution is 0.208. The number of hydrogen-bond acceptors (Lipinski definition) is 2. The van der Waals surface area contributed by atoms with Gasteiger partial charge in [-0.2, -0.15) is 0 Å². The Kier molecular flexibility index (Phi) is 5.41. The van der Waals surface area contributed by atoms with Crippen molar-refractivity contribution in [3.8, 4) is 0 Å². The molecule has 1 fully saturated rings. The molecule has 1 N–H and O–H groups in total. The van der Waals surface area contributed by atoms with E-state index in [4.69, 9.17) is 0 Å². The number of nitrogens with zero attached hydrogens (tertiary/aromatic N) is 1. The summed E-state index contributed by atoms with van der Waals surface area (Å²) in [6, 6.07) is 11.4. The maximum Gasteiger partial charge on any atom is 0.0449 e. The predicted octanol–water partition coefficient (Wildman–Crippen LogP) is 3.32. The molecule has 19 heavy (non-hydrogen) atoms. The van der Waals surface area contributed by atoms with Gasteiger partial charge in [0.15, 0.2) is 0 Å². The van der Waals surface area contributed by atoms with E-state index in [1.54, 1.807) is 0 Å². The molecule has 2 heteroatoms. The van der Waals surface area contributed by atoms with Gasteiger partial charge in [-0.15, -0.1) is 0 Å². The van der Waals surface area contributed by atoms with Crippen LogP contribution in [0.4, 0.5) is 0 Å². The van der Waals surface area contributed by atoms with Crippen molar-refractivity contribution in [1.82, 2.24) is 10.2 Å². The molecule has 0 bridgehead atoms. The summed E-state index contributed by atoms with van der Waals surface area (Å²) in [5.41, 5.74) is 1.42. The molecule has 1 aliphatic rings. The average molecular weight is 260 g/mol. The summed E-state index contributed by atoms with van der Waals surface area (Å²) in [5.74, 6) is 1.54. The van der Waals surface area contributed by atoms with Crippen LogP contribution < -0.4 is 5.32 Å². The second-order valence-corrected chi connectivity index (χ2v) is 6.25. The fourth-order valence-corrected chi connectivity index (χ4v) is 2.69. The summed E-state index contributed by atoms with van der Waals surface area (Å²) in [5, 5.41) is 3.69. The topological polar surface area (TPSA) is 15.3 Å². The number of hydrogen-bond donors (Lipinski definition) is 1. The van der Waals surface area contributed by atoms with Gasteiger partial charge in [0, 0.05) is 19.1 Å². The first-order valence-corrected chi connectivity index (χ1v) is 7.67. The molecule has 0 spiro atoms. The quantitative estimate of drug-likeness (QED) is 0.893. The Balaban J connectivity index is 1.99. The third-order valence-electron chi connectivity index (χ3n) is 4.37. The fourth-order valence-electron chi connectivity index (χ4n) is 2.69. The van der Waals surface area contributed by atoms with Crippen molar-refractivity contribution in [2.24, 2.45) is 11.8 Å². The SMILES string of the molecule is CC(C)C(C)CN1CCCNC(c2ccccc2)C1. The van der Waals surface area contributed by atoms with E-state index in [2.05, 4.69) is 61.3 Å². The van der Waals surface area contributed by atoms with Gasteiger partial charge in [-0.25, -0.2) is 0 Å². The van der Waals surface area contributed by atoms with Gasteiger partial charge in [0.1, 0.15) is 0 Å². The highest BCUT2D eigenvalue weighted by atomic mass is 15.2. The zero-order valence-electron chi connectivity index (χ0n) is 12.6. The molecule has 0 saturated carbocycles. The van der Waals surface area contributed by atoms with Crippen molar-refractivity contribution >= 4 is 0 Å². The number of benzene rings is 1. The Labute approximate surface area is 118 Å². The Morgan fingerprint density at radius 1 is 1.21 bits per heavy atom. The highest BCUT2D eigenvalue weighted by Gasteiger charge is 2.21. The normalized spacial score (nSPS) is 23.3. The molecule has 106 valence electrons. The maximum absolute atomic E-state index is 3.69. The van der Waals surface area contributed by atoms with Gasteiger partial charge in [0.05, 0.1) is 0 Å². The van der Waals surface area contributed by atoms with Gasteiger partial charge in [0.25, 0.3) is 0 Å². The molecule has 0 amide bonds. The van der Waals surface area contributed by atoms with Crippen LogP contribution in [0, 0.1) is 11.8 Å². The minimum atomic E-state index is 0.489. The second-order valence-electron chi connectivity index (χ2n) is 6.25. The first-order valence-electron chi connectivity index (χ1n) is 7.67. The molecule has 1 aliphatic heterocycles. The molecule has 2 atom stereocenters. The van der Waals surface area contributed by atoms with Crippen LogP contribution in [0.2, 0.25) is 0 Å². The molecule has 1 aromatic rings. The summed E-state index contributed by atoms with van der Waals surface area (Å²) in [6.07, 6.45) is 1.26. The van der Waals surface area contributed by atoms with Crippen LogP contribution in [0.1, 0.15) is 38.8 Å². The number of nitrogens with one attached hydrogen (secondary N) is 1. The molecular formula is C17H28N2. The van der Waals surface area contributed by atoms with Crippen LogP contribution >= 0.6 is 0 Å². The molecule has 1 aromatic carbocycles. The van der Waals surface area contributed by atoms with Gasteiger partial charge >= 0.3 is 0 Å². The minimum Gasteiger partial charge on any atom is -0.309 e. The summed E-state index contributed by atoms with van der Waals surface area (Å²) in [6.45, 7) is 11.8. The standard InChI is InChI=1S/C17H28N2/c1-14(2)15(3)12-19-11-7-10-18-17(13-19)16-8-5-4-6-9-16/h4-6,8-9,14-15,17-18H,7,10-13H2,1-3H3. The van der Waals surface area contributed by atoms with Crippen molar-refractivity contribution < 1.29 is 0 Å². The predicted molar refractivity (Wildman–Crippen MR) is 82.2 cm³/mol. The van der Waals surface area contributed by atoms with Crippen LogP contribution in [0.5, 0.6) is 0 Å². The van der Waals surface area contributed by atoms with Gasteiger partial charge < -0.3 is 10.2 Å². The third kappa shape index (κ3) is 4.32. The van der Waals surface area contributed by atoms with Crippen molar-refractivity contribution in [2.45, 2.75) is 33.2 Å². The lowest BCUT2D eigenvalue weighted by Gasteiger charge is -2.28. The molecule has 0 radical (unpaired) electrons. The molecule has 0 aliphatic carbocycles. The van der Waals surface area contributed by atoms with Gasteiger partial charge in [-0.1, -0.05) is 51.1 Å². The van der Waals surface area contributed by atoms with Crippen LogP contribution in [-0.2, 0) is 0 Å². The molecule has 0 aromatic heterocycles.